The van der Waals surface area contributed by atoms with Gasteiger partial charge in [-0.2, -0.15) is 0 Å². The first-order valence-corrected chi connectivity index (χ1v) is 10.4. The van der Waals surface area contributed by atoms with Gasteiger partial charge in [0.15, 0.2) is 0 Å². The molecule has 2 amide bonds. The zero-order valence-electron chi connectivity index (χ0n) is 18.8. The van der Waals surface area contributed by atoms with E-state index in [0.29, 0.717) is 30.2 Å². The molecule has 1 aromatic carbocycles. The van der Waals surface area contributed by atoms with E-state index in [4.69, 9.17) is 19.4 Å². The Balaban J connectivity index is 1.82. The van der Waals surface area contributed by atoms with Gasteiger partial charge in [0.2, 0.25) is 5.91 Å². The number of piperidine rings is 1. The number of aromatic nitrogens is 2. The molecular formula is C23H30N4O4. The summed E-state index contributed by atoms with van der Waals surface area (Å²) in [6.45, 7) is 5.02. The van der Waals surface area contributed by atoms with Gasteiger partial charge in [0, 0.05) is 43.0 Å². The number of hydrogen-bond acceptors (Lipinski definition) is 6. The highest BCUT2D eigenvalue weighted by Gasteiger charge is 2.29. The molecule has 2 aromatic rings. The zero-order chi connectivity index (χ0) is 22.5. The van der Waals surface area contributed by atoms with Crippen LogP contribution in [0, 0.1) is 13.8 Å². The highest BCUT2D eigenvalue weighted by molar-refractivity contribution is 5.97. The minimum absolute atomic E-state index is 0.0424. The number of benzene rings is 1. The van der Waals surface area contributed by atoms with Gasteiger partial charge in [-0.15, -0.1) is 0 Å². The van der Waals surface area contributed by atoms with Crippen LogP contribution in [0.3, 0.4) is 0 Å². The van der Waals surface area contributed by atoms with Crippen LogP contribution in [0.5, 0.6) is 11.5 Å². The molecule has 1 aliphatic heterocycles. The largest absolute Gasteiger partial charge is 0.497 e. The number of likely N-dealkylation sites (N-methyl/N-ethyl adjacent to an activating group) is 1. The lowest BCUT2D eigenvalue weighted by atomic mass is 9.95. The number of rotatable bonds is 6. The summed E-state index contributed by atoms with van der Waals surface area (Å²) in [6.07, 6.45) is 2.04. The maximum atomic E-state index is 13.3. The van der Waals surface area contributed by atoms with Crippen molar-refractivity contribution in [1.82, 2.24) is 20.2 Å². The molecule has 8 nitrogen and oxygen atoms in total. The summed E-state index contributed by atoms with van der Waals surface area (Å²) < 4.78 is 10.7. The predicted molar refractivity (Wildman–Crippen MR) is 117 cm³/mol. The van der Waals surface area contributed by atoms with Crippen LogP contribution in [0.15, 0.2) is 18.2 Å². The fourth-order valence-corrected chi connectivity index (χ4v) is 3.98. The molecule has 31 heavy (non-hydrogen) atoms. The Morgan fingerprint density at radius 2 is 1.87 bits per heavy atom. The highest BCUT2D eigenvalue weighted by Crippen LogP contribution is 2.30. The standard InChI is InChI=1S/C23H30N4O4/c1-14-18(12-21(28)24-3)15(2)26-22(25-14)16-7-6-10-27(13-16)23(29)19-11-17(30-4)8-9-20(19)31-5/h8-9,11,16H,6-7,10,12-13H2,1-5H3,(H,24,28)/t16-/m1/s1. The first-order chi connectivity index (χ1) is 14.9. The van der Waals surface area contributed by atoms with E-state index in [9.17, 15) is 9.59 Å². The SMILES string of the molecule is CNC(=O)Cc1c(C)nc([C@@H]2CCCN(C(=O)c3cc(OC)ccc3OC)C2)nc1C. The second-order valence-electron chi connectivity index (χ2n) is 7.74. The summed E-state index contributed by atoms with van der Waals surface area (Å²) in [5.74, 6) is 1.74. The van der Waals surface area contributed by atoms with Crippen molar-refractivity contribution in [3.63, 3.8) is 0 Å². The van der Waals surface area contributed by atoms with E-state index in [1.165, 1.54) is 0 Å². The van der Waals surface area contributed by atoms with Crippen LogP contribution in [0.25, 0.3) is 0 Å². The summed E-state index contributed by atoms with van der Waals surface area (Å²) in [5.41, 5.74) is 2.96. The molecule has 8 heteroatoms. The van der Waals surface area contributed by atoms with E-state index >= 15 is 0 Å². The average molecular weight is 427 g/mol. The molecule has 1 aliphatic rings. The molecule has 0 saturated carbocycles. The quantitative estimate of drug-likeness (QED) is 0.763. The van der Waals surface area contributed by atoms with Crippen LogP contribution in [0.4, 0.5) is 0 Å². The van der Waals surface area contributed by atoms with Crippen LogP contribution in [0.2, 0.25) is 0 Å². The van der Waals surface area contributed by atoms with Crippen molar-refractivity contribution in [2.45, 2.75) is 39.0 Å². The Bertz CT molecular complexity index is 953. The van der Waals surface area contributed by atoms with E-state index in [-0.39, 0.29) is 24.2 Å². The third-order valence-corrected chi connectivity index (χ3v) is 5.76. The number of hydrogen-bond donors (Lipinski definition) is 1. The van der Waals surface area contributed by atoms with E-state index in [0.717, 1.165) is 35.6 Å². The van der Waals surface area contributed by atoms with Crippen molar-refractivity contribution in [2.24, 2.45) is 0 Å². The van der Waals surface area contributed by atoms with E-state index < -0.39 is 0 Å². The monoisotopic (exact) mass is 426 g/mol. The summed E-state index contributed by atoms with van der Waals surface area (Å²) in [5, 5.41) is 2.64. The van der Waals surface area contributed by atoms with Crippen LogP contribution < -0.4 is 14.8 Å². The van der Waals surface area contributed by atoms with Crippen LogP contribution >= 0.6 is 0 Å². The van der Waals surface area contributed by atoms with Gasteiger partial charge in [0.05, 0.1) is 26.2 Å². The molecule has 1 N–H and O–H groups in total. The Hall–Kier alpha value is -3.16. The van der Waals surface area contributed by atoms with Gasteiger partial charge >= 0.3 is 0 Å². The number of amides is 2. The summed E-state index contributed by atoms with van der Waals surface area (Å²) >= 11 is 0. The number of aryl methyl sites for hydroxylation is 2. The van der Waals surface area contributed by atoms with Gasteiger partial charge in [-0.1, -0.05) is 0 Å². The fourth-order valence-electron chi connectivity index (χ4n) is 3.98. The molecule has 3 rings (SSSR count). The summed E-state index contributed by atoms with van der Waals surface area (Å²) in [7, 11) is 4.74. The topological polar surface area (TPSA) is 93.7 Å². The molecule has 0 radical (unpaired) electrons. The lowest BCUT2D eigenvalue weighted by Crippen LogP contribution is -2.39. The highest BCUT2D eigenvalue weighted by atomic mass is 16.5. The lowest BCUT2D eigenvalue weighted by Gasteiger charge is -2.32. The van der Waals surface area contributed by atoms with Gasteiger partial charge < -0.3 is 19.7 Å². The molecule has 0 bridgehead atoms. The van der Waals surface area contributed by atoms with Gasteiger partial charge in [-0.05, 0) is 44.9 Å². The number of ether oxygens (including phenoxy) is 2. The van der Waals surface area contributed by atoms with Gasteiger partial charge in [0.25, 0.3) is 5.91 Å². The third-order valence-electron chi connectivity index (χ3n) is 5.76. The first kappa shape index (κ1) is 22.5. The van der Waals surface area contributed by atoms with Crippen LogP contribution in [-0.2, 0) is 11.2 Å². The van der Waals surface area contributed by atoms with Crippen molar-refractivity contribution in [3.8, 4) is 11.5 Å². The Morgan fingerprint density at radius 1 is 1.16 bits per heavy atom. The van der Waals surface area contributed by atoms with Crippen LogP contribution in [0.1, 0.15) is 51.9 Å². The van der Waals surface area contributed by atoms with Crippen molar-refractivity contribution < 1.29 is 19.1 Å². The van der Waals surface area contributed by atoms with Crippen molar-refractivity contribution >= 4 is 11.8 Å². The average Bonchev–Trinajstić information content (AvgIpc) is 2.80. The van der Waals surface area contributed by atoms with Gasteiger partial charge in [-0.25, -0.2) is 9.97 Å². The maximum absolute atomic E-state index is 13.3. The number of carbonyl (C=O) groups is 2. The fraction of sp³-hybridized carbons (Fsp3) is 0.478. The smallest absolute Gasteiger partial charge is 0.257 e. The van der Waals surface area contributed by atoms with Gasteiger partial charge in [-0.3, -0.25) is 9.59 Å². The molecule has 1 saturated heterocycles. The van der Waals surface area contributed by atoms with Crippen molar-refractivity contribution in [1.29, 1.82) is 0 Å². The molecule has 1 atom stereocenters. The number of carbonyl (C=O) groups excluding carboxylic acids is 2. The second kappa shape index (κ2) is 9.76. The second-order valence-corrected chi connectivity index (χ2v) is 7.74. The lowest BCUT2D eigenvalue weighted by molar-refractivity contribution is -0.120. The zero-order valence-corrected chi connectivity index (χ0v) is 18.8. The normalized spacial score (nSPS) is 16.0. The summed E-state index contributed by atoms with van der Waals surface area (Å²) in [4.78, 5) is 36.3. The first-order valence-electron chi connectivity index (χ1n) is 10.4. The molecule has 0 unspecified atom stereocenters. The molecule has 0 aliphatic carbocycles. The van der Waals surface area contributed by atoms with Crippen molar-refractivity contribution in [2.75, 3.05) is 34.4 Å². The van der Waals surface area contributed by atoms with Gasteiger partial charge in [0.1, 0.15) is 17.3 Å². The maximum Gasteiger partial charge on any atom is 0.257 e. The van der Waals surface area contributed by atoms with E-state index in [1.54, 1.807) is 39.5 Å². The molecule has 1 fully saturated rings. The van der Waals surface area contributed by atoms with E-state index in [1.807, 2.05) is 18.7 Å². The Kier molecular flexibility index (Phi) is 7.09. The summed E-state index contributed by atoms with van der Waals surface area (Å²) in [6, 6.07) is 5.23. The predicted octanol–water partition coefficient (Wildman–Crippen LogP) is 2.42. The van der Waals surface area contributed by atoms with Crippen LogP contribution in [-0.4, -0.2) is 61.0 Å². The molecular weight excluding hydrogens is 396 g/mol. The number of methoxy groups -OCH3 is 2. The number of likely N-dealkylation sites (tertiary alicyclic amines) is 1. The third kappa shape index (κ3) is 4.95. The minimum atomic E-state index is -0.0925. The molecule has 2 heterocycles. The Labute approximate surface area is 183 Å². The van der Waals surface area contributed by atoms with E-state index in [2.05, 4.69) is 5.32 Å². The minimum Gasteiger partial charge on any atom is -0.497 e. The number of nitrogens with zero attached hydrogens (tertiary/aromatic N) is 3. The van der Waals surface area contributed by atoms with Crippen molar-refractivity contribution in [3.05, 3.63) is 46.5 Å². The molecule has 166 valence electrons. The molecule has 0 spiro atoms. The Morgan fingerprint density at radius 3 is 2.48 bits per heavy atom. The molecule has 1 aromatic heterocycles. The number of nitrogens with one attached hydrogen (secondary N) is 1.